The average Bonchev–Trinajstić information content (AvgIpc) is 2.46. The average molecular weight is 265 g/mol. The largest absolute Gasteiger partial charge is 0.471 e. The molecule has 0 saturated carbocycles. The van der Waals surface area contributed by atoms with E-state index in [4.69, 9.17) is 9.47 Å². The molecule has 1 unspecified atom stereocenters. The van der Waals surface area contributed by atoms with Gasteiger partial charge in [-0.2, -0.15) is 0 Å². The molecule has 1 saturated heterocycles. The molecule has 1 aromatic heterocycles. The summed E-state index contributed by atoms with van der Waals surface area (Å²) in [6, 6.07) is 0. The van der Waals surface area contributed by atoms with E-state index < -0.39 is 0 Å². The quantitative estimate of drug-likeness (QED) is 0.791. The fourth-order valence-corrected chi connectivity index (χ4v) is 2.06. The van der Waals surface area contributed by atoms with Gasteiger partial charge in [0.25, 0.3) is 0 Å². The van der Waals surface area contributed by atoms with Crippen molar-refractivity contribution in [2.75, 3.05) is 26.3 Å². The molecule has 2 heterocycles. The van der Waals surface area contributed by atoms with Gasteiger partial charge in [-0.05, 0) is 19.8 Å². The Morgan fingerprint density at radius 3 is 3.16 bits per heavy atom. The van der Waals surface area contributed by atoms with Crippen LogP contribution in [0.25, 0.3) is 0 Å². The Morgan fingerprint density at radius 2 is 2.42 bits per heavy atom. The molecule has 1 aliphatic heterocycles. The lowest BCUT2D eigenvalue weighted by atomic mass is 10.1. The minimum Gasteiger partial charge on any atom is -0.471 e. The minimum atomic E-state index is -0.0176. The number of likely N-dealkylation sites (tertiary alicyclic amines) is 1. The van der Waals surface area contributed by atoms with Crippen LogP contribution in [0.2, 0.25) is 0 Å². The number of carbonyl (C=O) groups excluding carboxylic acids is 1. The number of carbonyl (C=O) groups is 1. The molecule has 1 atom stereocenters. The molecule has 0 aromatic carbocycles. The van der Waals surface area contributed by atoms with E-state index in [1.807, 2.05) is 6.92 Å². The molecule has 104 valence electrons. The molecule has 6 heteroatoms. The van der Waals surface area contributed by atoms with E-state index >= 15 is 0 Å². The van der Waals surface area contributed by atoms with Crippen LogP contribution >= 0.6 is 0 Å². The van der Waals surface area contributed by atoms with Gasteiger partial charge in [0.05, 0.1) is 12.7 Å². The third-order valence-electron chi connectivity index (χ3n) is 2.99. The lowest BCUT2D eigenvalue weighted by Crippen LogP contribution is -2.45. The van der Waals surface area contributed by atoms with E-state index in [1.54, 1.807) is 23.5 Å². The van der Waals surface area contributed by atoms with Crippen LogP contribution in [0.15, 0.2) is 18.6 Å². The van der Waals surface area contributed by atoms with Gasteiger partial charge in [-0.1, -0.05) is 0 Å². The molecule has 0 spiro atoms. The maximum absolute atomic E-state index is 11.9. The van der Waals surface area contributed by atoms with Crippen LogP contribution in [0.1, 0.15) is 19.8 Å². The van der Waals surface area contributed by atoms with Crippen LogP contribution in [-0.4, -0.2) is 53.2 Å². The van der Waals surface area contributed by atoms with E-state index in [-0.39, 0.29) is 18.6 Å². The van der Waals surface area contributed by atoms with E-state index in [0.717, 1.165) is 19.4 Å². The van der Waals surface area contributed by atoms with Crippen molar-refractivity contribution in [2.45, 2.75) is 25.9 Å². The van der Waals surface area contributed by atoms with Gasteiger partial charge in [0.1, 0.15) is 12.7 Å². The van der Waals surface area contributed by atoms with Gasteiger partial charge in [0.2, 0.25) is 11.8 Å². The summed E-state index contributed by atoms with van der Waals surface area (Å²) in [7, 11) is 0. The van der Waals surface area contributed by atoms with Gasteiger partial charge >= 0.3 is 0 Å². The monoisotopic (exact) mass is 265 g/mol. The number of hydrogen-bond donors (Lipinski definition) is 0. The maximum Gasteiger partial charge on any atom is 0.248 e. The third-order valence-corrected chi connectivity index (χ3v) is 2.99. The number of aromatic nitrogens is 2. The lowest BCUT2D eigenvalue weighted by molar-refractivity contribution is -0.138. The van der Waals surface area contributed by atoms with Crippen molar-refractivity contribution >= 4 is 5.91 Å². The number of nitrogens with zero attached hydrogens (tertiary/aromatic N) is 3. The van der Waals surface area contributed by atoms with Gasteiger partial charge < -0.3 is 14.4 Å². The summed E-state index contributed by atoms with van der Waals surface area (Å²) in [6.07, 6.45) is 6.62. The zero-order valence-corrected chi connectivity index (χ0v) is 11.1. The molecule has 0 aliphatic carbocycles. The minimum absolute atomic E-state index is 0.0176. The number of hydrogen-bond acceptors (Lipinski definition) is 5. The fourth-order valence-electron chi connectivity index (χ4n) is 2.06. The van der Waals surface area contributed by atoms with Crippen LogP contribution in [-0.2, 0) is 9.53 Å². The van der Waals surface area contributed by atoms with Crippen molar-refractivity contribution in [3.8, 4) is 5.88 Å². The van der Waals surface area contributed by atoms with Crippen molar-refractivity contribution in [1.29, 1.82) is 0 Å². The van der Waals surface area contributed by atoms with Gasteiger partial charge in [-0.3, -0.25) is 9.78 Å². The van der Waals surface area contributed by atoms with Crippen LogP contribution in [0.5, 0.6) is 5.88 Å². The highest BCUT2D eigenvalue weighted by Gasteiger charge is 2.25. The van der Waals surface area contributed by atoms with Crippen LogP contribution in [0.4, 0.5) is 0 Å². The highest BCUT2D eigenvalue weighted by atomic mass is 16.5. The summed E-state index contributed by atoms with van der Waals surface area (Å²) in [5.74, 6) is 0.529. The van der Waals surface area contributed by atoms with Crippen molar-refractivity contribution in [1.82, 2.24) is 14.9 Å². The normalized spacial score (nSPS) is 19.2. The molecule has 1 aliphatic rings. The van der Waals surface area contributed by atoms with Crippen molar-refractivity contribution < 1.29 is 14.3 Å². The second kappa shape index (κ2) is 7.04. The molecule has 1 fully saturated rings. The SMILES string of the molecule is CCOCC(=O)N1CCCC(Oc2cnccn2)C1. The second-order valence-corrected chi connectivity index (χ2v) is 4.40. The molecule has 2 rings (SSSR count). The van der Waals surface area contributed by atoms with Crippen LogP contribution < -0.4 is 4.74 Å². The Morgan fingerprint density at radius 1 is 1.53 bits per heavy atom. The number of rotatable bonds is 5. The van der Waals surface area contributed by atoms with E-state index in [1.165, 1.54) is 0 Å². The van der Waals surface area contributed by atoms with Gasteiger partial charge in [0.15, 0.2) is 0 Å². The second-order valence-electron chi connectivity index (χ2n) is 4.40. The summed E-state index contributed by atoms with van der Waals surface area (Å²) in [4.78, 5) is 21.7. The first-order chi connectivity index (χ1) is 9.29. The molecule has 19 heavy (non-hydrogen) atoms. The van der Waals surface area contributed by atoms with Gasteiger partial charge in [0, 0.05) is 25.5 Å². The zero-order valence-electron chi connectivity index (χ0n) is 11.1. The summed E-state index contributed by atoms with van der Waals surface area (Å²) < 4.78 is 10.9. The summed E-state index contributed by atoms with van der Waals surface area (Å²) in [5, 5.41) is 0. The molecule has 1 amide bonds. The predicted molar refractivity (Wildman–Crippen MR) is 68.8 cm³/mol. The number of amides is 1. The molecule has 6 nitrogen and oxygen atoms in total. The van der Waals surface area contributed by atoms with E-state index in [9.17, 15) is 4.79 Å². The lowest BCUT2D eigenvalue weighted by Gasteiger charge is -2.32. The Labute approximate surface area is 112 Å². The fraction of sp³-hybridized carbons (Fsp3) is 0.615. The van der Waals surface area contributed by atoms with E-state index in [2.05, 4.69) is 9.97 Å². The molecular formula is C13H19N3O3. The zero-order chi connectivity index (χ0) is 13.5. The van der Waals surface area contributed by atoms with Crippen molar-refractivity contribution in [3.63, 3.8) is 0 Å². The van der Waals surface area contributed by atoms with Crippen molar-refractivity contribution in [3.05, 3.63) is 18.6 Å². The highest BCUT2D eigenvalue weighted by Crippen LogP contribution is 2.15. The molecule has 0 bridgehead atoms. The van der Waals surface area contributed by atoms with Crippen molar-refractivity contribution in [2.24, 2.45) is 0 Å². The first-order valence-corrected chi connectivity index (χ1v) is 6.57. The first kappa shape index (κ1) is 13.7. The maximum atomic E-state index is 11.9. The topological polar surface area (TPSA) is 64.5 Å². The summed E-state index contributed by atoms with van der Waals surface area (Å²) >= 11 is 0. The smallest absolute Gasteiger partial charge is 0.248 e. The molecule has 0 N–H and O–H groups in total. The predicted octanol–water partition coefficient (Wildman–Crippen LogP) is 0.883. The Kier molecular flexibility index (Phi) is 5.09. The molecule has 0 radical (unpaired) electrons. The number of piperidine rings is 1. The summed E-state index contributed by atoms with van der Waals surface area (Å²) in [5.41, 5.74) is 0. The first-order valence-electron chi connectivity index (χ1n) is 6.57. The van der Waals surface area contributed by atoms with Gasteiger partial charge in [-0.15, -0.1) is 0 Å². The Hall–Kier alpha value is -1.69. The Balaban J connectivity index is 1.85. The van der Waals surface area contributed by atoms with E-state index in [0.29, 0.717) is 19.0 Å². The van der Waals surface area contributed by atoms with Gasteiger partial charge in [-0.25, -0.2) is 4.98 Å². The number of ether oxygens (including phenoxy) is 2. The van der Waals surface area contributed by atoms with Crippen LogP contribution in [0.3, 0.4) is 0 Å². The summed E-state index contributed by atoms with van der Waals surface area (Å²) in [6.45, 7) is 3.94. The molecular weight excluding hydrogens is 246 g/mol. The Bertz CT molecular complexity index is 399. The highest BCUT2D eigenvalue weighted by molar-refractivity contribution is 5.77. The van der Waals surface area contributed by atoms with Crippen LogP contribution in [0, 0.1) is 0 Å². The molecule has 1 aromatic rings. The standard InChI is InChI=1S/C13H19N3O3/c1-2-18-10-13(17)16-7-3-4-11(9-16)19-12-8-14-5-6-15-12/h5-6,8,11H,2-4,7,9-10H2,1H3. The third kappa shape index (κ3) is 4.17.